The van der Waals surface area contributed by atoms with Crippen molar-refractivity contribution in [2.24, 2.45) is 4.99 Å². The summed E-state index contributed by atoms with van der Waals surface area (Å²) in [6.45, 7) is 9.78. The molecule has 7 heteroatoms. The summed E-state index contributed by atoms with van der Waals surface area (Å²) in [6, 6.07) is 5.65. The van der Waals surface area contributed by atoms with Gasteiger partial charge in [-0.2, -0.15) is 0 Å². The highest BCUT2D eigenvalue weighted by molar-refractivity contribution is 6.35. The fourth-order valence-corrected chi connectivity index (χ4v) is 4.77. The minimum atomic E-state index is 0.0278. The number of nitrogens with one attached hydrogen (secondary N) is 2. The Hall–Kier alpha value is -1.01. The number of benzene rings is 1. The van der Waals surface area contributed by atoms with E-state index in [2.05, 4.69) is 29.4 Å². The van der Waals surface area contributed by atoms with Gasteiger partial charge < -0.3 is 15.4 Å². The minimum absolute atomic E-state index is 0.0278. The van der Waals surface area contributed by atoms with Crippen molar-refractivity contribution in [3.8, 4) is 0 Å². The summed E-state index contributed by atoms with van der Waals surface area (Å²) in [7, 11) is 0. The third kappa shape index (κ3) is 5.32. The van der Waals surface area contributed by atoms with Gasteiger partial charge >= 0.3 is 0 Å². The van der Waals surface area contributed by atoms with Crippen LogP contribution >= 0.6 is 23.2 Å². The van der Waals surface area contributed by atoms with Gasteiger partial charge in [-0.3, -0.25) is 9.89 Å². The van der Waals surface area contributed by atoms with Crippen LogP contribution in [0.5, 0.6) is 0 Å². The van der Waals surface area contributed by atoms with Gasteiger partial charge in [-0.25, -0.2) is 0 Å². The average molecular weight is 427 g/mol. The summed E-state index contributed by atoms with van der Waals surface area (Å²) in [6.07, 6.45) is 4.68. The number of aliphatic imine (C=N–C) groups is 1. The second-order valence-electron chi connectivity index (χ2n) is 7.76. The van der Waals surface area contributed by atoms with Crippen molar-refractivity contribution in [1.82, 2.24) is 15.5 Å². The number of rotatable bonds is 6. The monoisotopic (exact) mass is 426 g/mol. The normalized spacial score (nSPS) is 21.5. The van der Waals surface area contributed by atoms with Gasteiger partial charge in [0.2, 0.25) is 0 Å². The highest BCUT2D eigenvalue weighted by Crippen LogP contribution is 2.32. The Kier molecular flexibility index (Phi) is 7.86. The largest absolute Gasteiger partial charge is 0.381 e. The quantitative estimate of drug-likeness (QED) is 0.526. The van der Waals surface area contributed by atoms with Crippen LogP contribution in [0.25, 0.3) is 0 Å². The fourth-order valence-electron chi connectivity index (χ4n) is 4.20. The molecule has 2 heterocycles. The van der Waals surface area contributed by atoms with E-state index >= 15 is 0 Å². The van der Waals surface area contributed by atoms with Gasteiger partial charge in [0.05, 0.1) is 12.6 Å². The molecule has 28 heavy (non-hydrogen) atoms. The molecule has 2 fully saturated rings. The lowest BCUT2D eigenvalue weighted by Gasteiger charge is -2.43. The maximum Gasteiger partial charge on any atom is 0.191 e. The molecular weight excluding hydrogens is 395 g/mol. The Bertz CT molecular complexity index is 670. The molecule has 0 saturated carbocycles. The predicted octanol–water partition coefficient (Wildman–Crippen LogP) is 4.25. The maximum absolute atomic E-state index is 6.39. The number of guanidine groups is 1. The molecule has 0 bridgehead atoms. The third-order valence-corrected chi connectivity index (χ3v) is 6.42. The van der Waals surface area contributed by atoms with Crippen molar-refractivity contribution in [3.05, 3.63) is 33.8 Å². The van der Waals surface area contributed by atoms with E-state index in [4.69, 9.17) is 32.9 Å². The van der Waals surface area contributed by atoms with Crippen molar-refractivity contribution in [3.63, 3.8) is 0 Å². The van der Waals surface area contributed by atoms with E-state index in [1.807, 2.05) is 12.1 Å². The zero-order valence-electron chi connectivity index (χ0n) is 16.9. The first-order chi connectivity index (χ1) is 13.5. The Morgan fingerprint density at radius 2 is 1.96 bits per heavy atom. The van der Waals surface area contributed by atoms with Crippen molar-refractivity contribution in [1.29, 1.82) is 0 Å². The molecule has 156 valence electrons. The van der Waals surface area contributed by atoms with Crippen molar-refractivity contribution >= 4 is 29.2 Å². The number of hydrogen-bond donors (Lipinski definition) is 2. The first-order valence-electron chi connectivity index (χ1n) is 10.4. The number of nitrogens with zero attached hydrogens (tertiary/aromatic N) is 2. The molecule has 2 aliphatic heterocycles. The molecule has 0 amide bonds. The second kappa shape index (κ2) is 10.1. The Morgan fingerprint density at radius 3 is 2.61 bits per heavy atom. The van der Waals surface area contributed by atoms with Crippen molar-refractivity contribution < 1.29 is 4.74 Å². The van der Waals surface area contributed by atoms with Crippen LogP contribution in [0.1, 0.15) is 51.1 Å². The highest BCUT2D eigenvalue weighted by Gasteiger charge is 2.39. The molecule has 1 atom stereocenters. The molecule has 1 aromatic rings. The third-order valence-electron chi connectivity index (χ3n) is 5.86. The molecule has 1 aromatic carbocycles. The van der Waals surface area contributed by atoms with Crippen LogP contribution in [0.15, 0.2) is 23.2 Å². The van der Waals surface area contributed by atoms with Crippen LogP contribution < -0.4 is 10.6 Å². The summed E-state index contributed by atoms with van der Waals surface area (Å²) >= 11 is 12.4. The molecule has 0 radical (unpaired) electrons. The topological polar surface area (TPSA) is 48.9 Å². The Balaban J connectivity index is 1.73. The van der Waals surface area contributed by atoms with Crippen LogP contribution in [0.3, 0.4) is 0 Å². The van der Waals surface area contributed by atoms with Crippen LogP contribution in [-0.2, 0) is 4.74 Å². The fraction of sp³-hybridized carbons (Fsp3) is 0.667. The lowest BCUT2D eigenvalue weighted by molar-refractivity contribution is -0.0139. The van der Waals surface area contributed by atoms with Gasteiger partial charge in [0.1, 0.15) is 0 Å². The van der Waals surface area contributed by atoms with Gasteiger partial charge in [-0.15, -0.1) is 0 Å². The number of likely N-dealkylation sites (tertiary alicyclic amines) is 1. The molecule has 0 spiro atoms. The molecular formula is C21H32Cl2N4O. The second-order valence-corrected chi connectivity index (χ2v) is 8.60. The average Bonchev–Trinajstić information content (AvgIpc) is 3.22. The van der Waals surface area contributed by atoms with Crippen molar-refractivity contribution in [2.45, 2.75) is 51.1 Å². The lowest BCUT2D eigenvalue weighted by Crippen LogP contribution is -2.54. The van der Waals surface area contributed by atoms with Gasteiger partial charge in [0.25, 0.3) is 0 Å². The van der Waals surface area contributed by atoms with E-state index in [-0.39, 0.29) is 11.6 Å². The number of ether oxygens (including phenoxy) is 1. The molecule has 2 N–H and O–H groups in total. The van der Waals surface area contributed by atoms with Gasteiger partial charge in [-0.05, 0) is 70.3 Å². The van der Waals surface area contributed by atoms with Gasteiger partial charge in [-0.1, -0.05) is 29.3 Å². The minimum Gasteiger partial charge on any atom is -0.381 e. The van der Waals surface area contributed by atoms with E-state index in [1.54, 1.807) is 6.07 Å². The summed E-state index contributed by atoms with van der Waals surface area (Å²) in [5, 5.41) is 8.20. The van der Waals surface area contributed by atoms with E-state index in [1.165, 1.54) is 25.9 Å². The van der Waals surface area contributed by atoms with Gasteiger partial charge in [0.15, 0.2) is 5.96 Å². The molecule has 1 unspecified atom stereocenters. The molecule has 2 saturated heterocycles. The number of halogens is 2. The van der Waals surface area contributed by atoms with E-state index < -0.39 is 0 Å². The number of hydrogen-bond acceptors (Lipinski definition) is 3. The molecule has 0 aliphatic carbocycles. The van der Waals surface area contributed by atoms with Crippen molar-refractivity contribution in [2.75, 3.05) is 39.4 Å². The maximum atomic E-state index is 6.39. The van der Waals surface area contributed by atoms with E-state index in [9.17, 15) is 0 Å². The molecule has 0 aromatic heterocycles. The highest BCUT2D eigenvalue weighted by atomic mass is 35.5. The smallest absolute Gasteiger partial charge is 0.191 e. The lowest BCUT2D eigenvalue weighted by atomic mass is 9.88. The SMILES string of the molecule is CCNC(=NCC1(N2CCCC2)CCOCC1)NC(C)c1ccc(Cl)cc1Cl. The summed E-state index contributed by atoms with van der Waals surface area (Å²) in [4.78, 5) is 7.64. The van der Waals surface area contributed by atoms with Crippen LogP contribution in [0.4, 0.5) is 0 Å². The zero-order valence-corrected chi connectivity index (χ0v) is 18.5. The zero-order chi connectivity index (χ0) is 20.0. The summed E-state index contributed by atoms with van der Waals surface area (Å²) in [5.41, 5.74) is 1.13. The Labute approximate surface area is 178 Å². The molecule has 2 aliphatic rings. The Morgan fingerprint density at radius 1 is 1.25 bits per heavy atom. The standard InChI is InChI=1S/C21H32Cl2N4O/c1-3-24-20(26-16(2)18-7-6-17(22)14-19(18)23)25-15-21(8-12-28-13-9-21)27-10-4-5-11-27/h6-7,14,16H,3-5,8-13,15H2,1-2H3,(H2,24,25,26). The van der Waals surface area contributed by atoms with E-state index in [0.717, 1.165) is 50.7 Å². The first kappa shape index (κ1) is 21.7. The van der Waals surface area contributed by atoms with E-state index in [0.29, 0.717) is 10.0 Å². The molecule has 5 nitrogen and oxygen atoms in total. The summed E-state index contributed by atoms with van der Waals surface area (Å²) < 4.78 is 5.65. The first-order valence-corrected chi connectivity index (χ1v) is 11.1. The van der Waals surface area contributed by atoms with Gasteiger partial charge in [0, 0.05) is 35.3 Å². The van der Waals surface area contributed by atoms with Crippen LogP contribution in [0.2, 0.25) is 10.0 Å². The van der Waals surface area contributed by atoms with Crippen LogP contribution in [0, 0.1) is 0 Å². The van der Waals surface area contributed by atoms with Crippen LogP contribution in [-0.4, -0.2) is 55.8 Å². The molecule has 3 rings (SSSR count). The summed E-state index contributed by atoms with van der Waals surface area (Å²) in [5.74, 6) is 0.825. The predicted molar refractivity (Wildman–Crippen MR) is 118 cm³/mol.